The van der Waals surface area contributed by atoms with Crippen molar-refractivity contribution in [2.75, 3.05) is 11.9 Å². The molecular weight excluding hydrogens is 396 g/mol. The lowest BCUT2D eigenvalue weighted by Gasteiger charge is -2.09. The molecule has 0 heterocycles. The summed E-state index contributed by atoms with van der Waals surface area (Å²) >= 11 is 3.42. The Kier molecular flexibility index (Phi) is 6.28. The first-order chi connectivity index (χ1) is 12.6. The summed E-state index contributed by atoms with van der Waals surface area (Å²) in [5.41, 5.74) is 1.19. The first kappa shape index (κ1) is 18.5. The highest BCUT2D eigenvalue weighted by Crippen LogP contribution is 2.24. The van der Waals surface area contributed by atoms with Gasteiger partial charge in [0.25, 0.3) is 5.91 Å². The Hall–Kier alpha value is -2.34. The zero-order valence-corrected chi connectivity index (χ0v) is 15.9. The van der Waals surface area contributed by atoms with Crippen molar-refractivity contribution < 1.29 is 14.3 Å². The van der Waals surface area contributed by atoms with Crippen LogP contribution in [0.4, 0.5) is 5.69 Å². The molecule has 6 heteroatoms. The van der Waals surface area contributed by atoms with Gasteiger partial charge in [0.15, 0.2) is 0 Å². The molecule has 0 unspecified atom stereocenters. The van der Waals surface area contributed by atoms with Crippen LogP contribution < -0.4 is 15.4 Å². The summed E-state index contributed by atoms with van der Waals surface area (Å²) in [5.74, 6) is 0.577. The van der Waals surface area contributed by atoms with E-state index in [4.69, 9.17) is 4.74 Å². The predicted molar refractivity (Wildman–Crippen MR) is 104 cm³/mol. The Morgan fingerprint density at radius 1 is 1.12 bits per heavy atom. The van der Waals surface area contributed by atoms with Crippen LogP contribution in [0.25, 0.3) is 0 Å². The van der Waals surface area contributed by atoms with Crippen LogP contribution in [-0.2, 0) is 4.79 Å². The maximum Gasteiger partial charge on any atom is 0.251 e. The van der Waals surface area contributed by atoms with Gasteiger partial charge in [-0.05, 0) is 65.5 Å². The highest BCUT2D eigenvalue weighted by molar-refractivity contribution is 9.10. The Balaban J connectivity index is 1.43. The van der Waals surface area contributed by atoms with E-state index in [2.05, 4.69) is 26.6 Å². The molecule has 2 aromatic rings. The average molecular weight is 417 g/mol. The number of nitrogens with one attached hydrogen (secondary N) is 2. The molecule has 0 bridgehead atoms. The number of amides is 2. The number of hydrogen-bond acceptors (Lipinski definition) is 3. The van der Waals surface area contributed by atoms with Gasteiger partial charge in [-0.3, -0.25) is 9.59 Å². The molecule has 136 valence electrons. The fraction of sp³-hybridized carbons (Fsp3) is 0.300. The van der Waals surface area contributed by atoms with Gasteiger partial charge >= 0.3 is 0 Å². The second kappa shape index (κ2) is 8.85. The SMILES string of the molecule is O=C(CCCOc1ccccc1Br)Nc1cccc(C(=O)NC2CC2)c1. The van der Waals surface area contributed by atoms with E-state index in [1.807, 2.05) is 24.3 Å². The van der Waals surface area contributed by atoms with Crippen LogP contribution in [0.3, 0.4) is 0 Å². The minimum Gasteiger partial charge on any atom is -0.492 e. The predicted octanol–water partition coefficient (Wildman–Crippen LogP) is 4.14. The van der Waals surface area contributed by atoms with Crippen LogP contribution in [0.2, 0.25) is 0 Å². The van der Waals surface area contributed by atoms with E-state index in [1.165, 1.54) is 0 Å². The molecule has 1 aliphatic carbocycles. The standard InChI is InChI=1S/C20H21BrN2O3/c21-17-7-1-2-8-18(17)26-12-4-9-19(24)22-16-6-3-5-14(13-16)20(25)23-15-10-11-15/h1-3,5-8,13,15H,4,9-12H2,(H,22,24)(H,23,25). The summed E-state index contributed by atoms with van der Waals surface area (Å²) in [5, 5.41) is 5.77. The van der Waals surface area contributed by atoms with Gasteiger partial charge in [0.2, 0.25) is 5.91 Å². The third kappa shape index (κ3) is 5.59. The average Bonchev–Trinajstić information content (AvgIpc) is 3.44. The summed E-state index contributed by atoms with van der Waals surface area (Å²) in [6.45, 7) is 0.458. The molecule has 0 radical (unpaired) electrons. The van der Waals surface area contributed by atoms with Gasteiger partial charge in [0.1, 0.15) is 5.75 Å². The molecular formula is C20H21BrN2O3. The van der Waals surface area contributed by atoms with E-state index in [9.17, 15) is 9.59 Å². The van der Waals surface area contributed by atoms with Crippen LogP contribution in [-0.4, -0.2) is 24.5 Å². The normalized spacial score (nSPS) is 13.1. The number of benzene rings is 2. The summed E-state index contributed by atoms with van der Waals surface area (Å²) in [4.78, 5) is 24.1. The minimum atomic E-state index is -0.0968. The summed E-state index contributed by atoms with van der Waals surface area (Å²) < 4.78 is 6.55. The Bertz CT molecular complexity index is 790. The Morgan fingerprint density at radius 2 is 1.92 bits per heavy atom. The molecule has 5 nitrogen and oxygen atoms in total. The van der Waals surface area contributed by atoms with Gasteiger partial charge < -0.3 is 15.4 Å². The highest BCUT2D eigenvalue weighted by atomic mass is 79.9. The molecule has 1 saturated carbocycles. The first-order valence-electron chi connectivity index (χ1n) is 8.70. The monoisotopic (exact) mass is 416 g/mol. The Labute approximate surface area is 161 Å². The van der Waals surface area contributed by atoms with Crippen LogP contribution in [0.1, 0.15) is 36.0 Å². The van der Waals surface area contributed by atoms with Gasteiger partial charge in [0, 0.05) is 23.7 Å². The second-order valence-electron chi connectivity index (χ2n) is 6.26. The zero-order valence-electron chi connectivity index (χ0n) is 14.3. The number of halogens is 1. The zero-order chi connectivity index (χ0) is 18.4. The number of para-hydroxylation sites is 1. The first-order valence-corrected chi connectivity index (χ1v) is 9.49. The van der Waals surface area contributed by atoms with E-state index in [0.29, 0.717) is 36.7 Å². The number of ether oxygens (including phenoxy) is 1. The molecule has 0 aromatic heterocycles. The van der Waals surface area contributed by atoms with Crippen molar-refractivity contribution in [1.29, 1.82) is 0 Å². The fourth-order valence-corrected chi connectivity index (χ4v) is 2.83. The molecule has 3 rings (SSSR count). The second-order valence-corrected chi connectivity index (χ2v) is 7.11. The summed E-state index contributed by atoms with van der Waals surface area (Å²) in [7, 11) is 0. The van der Waals surface area contributed by atoms with E-state index in [0.717, 1.165) is 23.1 Å². The number of hydrogen-bond donors (Lipinski definition) is 2. The lowest BCUT2D eigenvalue weighted by atomic mass is 10.2. The van der Waals surface area contributed by atoms with Crippen LogP contribution in [0, 0.1) is 0 Å². The molecule has 0 atom stereocenters. The van der Waals surface area contributed by atoms with E-state index >= 15 is 0 Å². The van der Waals surface area contributed by atoms with Crippen molar-refractivity contribution in [3.63, 3.8) is 0 Å². The van der Waals surface area contributed by atoms with Gasteiger partial charge in [-0.1, -0.05) is 18.2 Å². The van der Waals surface area contributed by atoms with Crippen molar-refractivity contribution in [2.45, 2.75) is 31.7 Å². The molecule has 2 amide bonds. The number of carbonyl (C=O) groups is 2. The molecule has 0 spiro atoms. The van der Waals surface area contributed by atoms with E-state index in [1.54, 1.807) is 24.3 Å². The summed E-state index contributed by atoms with van der Waals surface area (Å²) in [6.07, 6.45) is 3.05. The Morgan fingerprint density at radius 3 is 2.69 bits per heavy atom. The van der Waals surface area contributed by atoms with Crippen LogP contribution >= 0.6 is 15.9 Å². The van der Waals surface area contributed by atoms with Crippen molar-refractivity contribution >= 4 is 33.4 Å². The minimum absolute atomic E-state index is 0.0922. The van der Waals surface area contributed by atoms with Gasteiger partial charge in [0.05, 0.1) is 11.1 Å². The molecule has 2 N–H and O–H groups in total. The molecule has 26 heavy (non-hydrogen) atoms. The third-order valence-corrected chi connectivity index (χ3v) is 4.62. The molecule has 2 aromatic carbocycles. The van der Waals surface area contributed by atoms with Crippen molar-refractivity contribution in [3.05, 3.63) is 58.6 Å². The fourth-order valence-electron chi connectivity index (χ4n) is 2.43. The van der Waals surface area contributed by atoms with Crippen molar-refractivity contribution in [1.82, 2.24) is 5.32 Å². The van der Waals surface area contributed by atoms with Crippen molar-refractivity contribution in [2.24, 2.45) is 0 Å². The lowest BCUT2D eigenvalue weighted by Crippen LogP contribution is -2.25. The van der Waals surface area contributed by atoms with Crippen molar-refractivity contribution in [3.8, 4) is 5.75 Å². The molecule has 0 aliphatic heterocycles. The topological polar surface area (TPSA) is 67.4 Å². The van der Waals surface area contributed by atoms with Gasteiger partial charge in [-0.15, -0.1) is 0 Å². The largest absolute Gasteiger partial charge is 0.492 e. The molecule has 1 aliphatic rings. The maximum atomic E-state index is 12.1. The highest BCUT2D eigenvalue weighted by Gasteiger charge is 2.23. The van der Waals surface area contributed by atoms with Gasteiger partial charge in [-0.25, -0.2) is 0 Å². The van der Waals surface area contributed by atoms with Gasteiger partial charge in [-0.2, -0.15) is 0 Å². The number of rotatable bonds is 8. The smallest absolute Gasteiger partial charge is 0.251 e. The summed E-state index contributed by atoms with van der Waals surface area (Å²) in [6, 6.07) is 14.9. The lowest BCUT2D eigenvalue weighted by molar-refractivity contribution is -0.116. The van der Waals surface area contributed by atoms with E-state index < -0.39 is 0 Å². The molecule has 1 fully saturated rings. The maximum absolute atomic E-state index is 12.1. The quantitative estimate of drug-likeness (QED) is 0.635. The van der Waals surface area contributed by atoms with Crippen LogP contribution in [0.15, 0.2) is 53.0 Å². The van der Waals surface area contributed by atoms with Crippen LogP contribution in [0.5, 0.6) is 5.75 Å². The third-order valence-electron chi connectivity index (χ3n) is 3.96. The van der Waals surface area contributed by atoms with E-state index in [-0.39, 0.29) is 11.8 Å². The number of anilines is 1. The molecule has 0 saturated heterocycles. The number of carbonyl (C=O) groups excluding carboxylic acids is 2.